The fourth-order valence-corrected chi connectivity index (χ4v) is 5.65. The average molecular weight is 424 g/mol. The van der Waals surface area contributed by atoms with Crippen LogP contribution in [0, 0.1) is 5.92 Å². The van der Waals surface area contributed by atoms with Gasteiger partial charge in [-0.1, -0.05) is 33.1 Å². The molecule has 8 heteroatoms. The Morgan fingerprint density at radius 3 is 2.41 bits per heavy atom. The number of ether oxygens (including phenoxy) is 1. The van der Waals surface area contributed by atoms with Gasteiger partial charge in [0.2, 0.25) is 15.9 Å². The molecule has 1 saturated carbocycles. The van der Waals surface area contributed by atoms with Crippen molar-refractivity contribution in [1.82, 2.24) is 4.31 Å². The van der Waals surface area contributed by atoms with Gasteiger partial charge in [-0.3, -0.25) is 4.79 Å². The third-order valence-corrected chi connectivity index (χ3v) is 7.94. The van der Waals surface area contributed by atoms with E-state index in [1.54, 1.807) is 12.1 Å². The maximum atomic E-state index is 13.0. The standard InChI is InChI=1S/C21H33N3O4S/c1-3-24(4-2)29(26,27)18-10-11-20(23-12-14-28-15-13-23)19(16-18)22-21(25)17-8-6-5-7-9-17/h10-11,16-17H,3-9,12-15H2,1-2H3,(H,22,25). The molecule has 0 bridgehead atoms. The van der Waals surface area contributed by atoms with Crippen LogP contribution in [0.1, 0.15) is 46.0 Å². The lowest BCUT2D eigenvalue weighted by molar-refractivity contribution is -0.120. The van der Waals surface area contributed by atoms with Crippen LogP contribution in [0.3, 0.4) is 0 Å². The Hall–Kier alpha value is -1.64. The molecule has 1 amide bonds. The second-order valence-electron chi connectivity index (χ2n) is 7.69. The van der Waals surface area contributed by atoms with Crippen LogP contribution in [-0.2, 0) is 19.6 Å². The topological polar surface area (TPSA) is 79.0 Å². The SMILES string of the molecule is CCN(CC)S(=O)(=O)c1ccc(N2CCOCC2)c(NC(=O)C2CCCCC2)c1. The summed E-state index contributed by atoms with van der Waals surface area (Å²) >= 11 is 0. The predicted molar refractivity (Wildman–Crippen MR) is 115 cm³/mol. The lowest BCUT2D eigenvalue weighted by atomic mass is 9.88. The summed E-state index contributed by atoms with van der Waals surface area (Å²) < 4.78 is 32.9. The largest absolute Gasteiger partial charge is 0.378 e. The van der Waals surface area contributed by atoms with Crippen molar-refractivity contribution in [1.29, 1.82) is 0 Å². The first-order chi connectivity index (χ1) is 14.0. The molecule has 0 aromatic heterocycles. The van der Waals surface area contributed by atoms with Gasteiger partial charge in [-0.25, -0.2) is 8.42 Å². The van der Waals surface area contributed by atoms with Crippen molar-refractivity contribution >= 4 is 27.3 Å². The lowest BCUT2D eigenvalue weighted by Gasteiger charge is -2.31. The summed E-state index contributed by atoms with van der Waals surface area (Å²) in [5, 5.41) is 3.06. The Balaban J connectivity index is 1.93. The molecular weight excluding hydrogens is 390 g/mol. The Morgan fingerprint density at radius 1 is 1.14 bits per heavy atom. The van der Waals surface area contributed by atoms with Gasteiger partial charge in [0.1, 0.15) is 0 Å². The number of morpholine rings is 1. The van der Waals surface area contributed by atoms with E-state index in [-0.39, 0.29) is 16.7 Å². The second-order valence-corrected chi connectivity index (χ2v) is 9.63. The number of nitrogens with one attached hydrogen (secondary N) is 1. The molecule has 0 atom stereocenters. The first kappa shape index (κ1) is 22.1. The first-order valence-corrected chi connectivity index (χ1v) is 12.2. The summed E-state index contributed by atoms with van der Waals surface area (Å²) in [5.74, 6) is 0.000862. The molecule has 162 valence electrons. The molecular formula is C21H33N3O4S. The highest BCUT2D eigenvalue weighted by atomic mass is 32.2. The molecule has 1 aliphatic heterocycles. The molecule has 1 heterocycles. The molecule has 2 aliphatic rings. The third kappa shape index (κ3) is 5.10. The monoisotopic (exact) mass is 423 g/mol. The Bertz CT molecular complexity index is 796. The van der Waals surface area contributed by atoms with E-state index in [2.05, 4.69) is 10.2 Å². The molecule has 1 aromatic rings. The molecule has 1 aliphatic carbocycles. The minimum Gasteiger partial charge on any atom is -0.378 e. The van der Waals surface area contributed by atoms with Gasteiger partial charge in [0.05, 0.1) is 29.5 Å². The van der Waals surface area contributed by atoms with Gasteiger partial charge < -0.3 is 15.0 Å². The molecule has 3 rings (SSSR count). The van der Waals surface area contributed by atoms with Crippen molar-refractivity contribution in [2.45, 2.75) is 50.8 Å². The normalized spacial score (nSPS) is 18.8. The molecule has 7 nitrogen and oxygen atoms in total. The Labute approximate surface area is 174 Å². The summed E-state index contributed by atoms with van der Waals surface area (Å²) in [5.41, 5.74) is 1.44. The van der Waals surface area contributed by atoms with Gasteiger partial charge in [0.15, 0.2) is 0 Å². The average Bonchev–Trinajstić information content (AvgIpc) is 2.75. The number of carbonyl (C=O) groups excluding carboxylic acids is 1. The summed E-state index contributed by atoms with van der Waals surface area (Å²) in [6.45, 7) is 7.15. The molecule has 1 saturated heterocycles. The number of benzene rings is 1. The number of amides is 1. The van der Waals surface area contributed by atoms with Crippen LogP contribution in [0.4, 0.5) is 11.4 Å². The first-order valence-electron chi connectivity index (χ1n) is 10.7. The van der Waals surface area contributed by atoms with Crippen LogP contribution < -0.4 is 10.2 Å². The van der Waals surface area contributed by atoms with Gasteiger partial charge in [-0.15, -0.1) is 0 Å². The summed E-state index contributed by atoms with van der Waals surface area (Å²) in [7, 11) is -3.59. The minimum absolute atomic E-state index is 0.00315. The number of sulfonamides is 1. The fraction of sp³-hybridized carbons (Fsp3) is 0.667. The van der Waals surface area contributed by atoms with Crippen molar-refractivity contribution in [3.05, 3.63) is 18.2 Å². The van der Waals surface area contributed by atoms with Crippen molar-refractivity contribution in [2.75, 3.05) is 49.6 Å². The van der Waals surface area contributed by atoms with E-state index in [9.17, 15) is 13.2 Å². The molecule has 2 fully saturated rings. The van der Waals surface area contributed by atoms with Crippen molar-refractivity contribution < 1.29 is 17.9 Å². The maximum Gasteiger partial charge on any atom is 0.243 e. The highest BCUT2D eigenvalue weighted by Crippen LogP contribution is 2.32. The van der Waals surface area contributed by atoms with Crippen LogP contribution in [-0.4, -0.2) is 58.0 Å². The van der Waals surface area contributed by atoms with E-state index in [1.165, 1.54) is 10.7 Å². The number of rotatable bonds is 7. The van der Waals surface area contributed by atoms with E-state index in [4.69, 9.17) is 4.74 Å². The van der Waals surface area contributed by atoms with Gasteiger partial charge >= 0.3 is 0 Å². The summed E-state index contributed by atoms with van der Waals surface area (Å²) in [6.07, 6.45) is 5.13. The summed E-state index contributed by atoms with van der Waals surface area (Å²) in [6, 6.07) is 5.09. The minimum atomic E-state index is -3.59. The van der Waals surface area contributed by atoms with Crippen LogP contribution in [0.15, 0.2) is 23.1 Å². The van der Waals surface area contributed by atoms with E-state index < -0.39 is 10.0 Å². The van der Waals surface area contributed by atoms with Gasteiger partial charge in [-0.2, -0.15) is 4.31 Å². The molecule has 29 heavy (non-hydrogen) atoms. The maximum absolute atomic E-state index is 13.0. The molecule has 1 N–H and O–H groups in total. The van der Waals surface area contributed by atoms with Crippen molar-refractivity contribution in [3.8, 4) is 0 Å². The zero-order valence-corrected chi connectivity index (χ0v) is 18.3. The highest BCUT2D eigenvalue weighted by Gasteiger charge is 2.26. The van der Waals surface area contributed by atoms with E-state index >= 15 is 0 Å². The van der Waals surface area contributed by atoms with E-state index in [0.717, 1.165) is 31.4 Å². The quantitative estimate of drug-likeness (QED) is 0.729. The zero-order valence-electron chi connectivity index (χ0n) is 17.5. The van der Waals surface area contributed by atoms with E-state index in [0.29, 0.717) is 45.1 Å². The molecule has 0 radical (unpaired) electrons. The Kier molecular flexibility index (Phi) is 7.54. The van der Waals surface area contributed by atoms with Crippen molar-refractivity contribution in [3.63, 3.8) is 0 Å². The lowest BCUT2D eigenvalue weighted by Crippen LogP contribution is -2.37. The fourth-order valence-electron chi connectivity index (χ4n) is 4.17. The second kappa shape index (κ2) is 9.91. The predicted octanol–water partition coefficient (Wildman–Crippen LogP) is 3.07. The number of carbonyl (C=O) groups is 1. The van der Waals surface area contributed by atoms with E-state index in [1.807, 2.05) is 19.9 Å². The van der Waals surface area contributed by atoms with Gasteiger partial charge in [-0.05, 0) is 31.0 Å². The summed E-state index contributed by atoms with van der Waals surface area (Å²) in [4.78, 5) is 15.3. The van der Waals surface area contributed by atoms with Crippen LogP contribution >= 0.6 is 0 Å². The van der Waals surface area contributed by atoms with Gasteiger partial charge in [0.25, 0.3) is 0 Å². The molecule has 0 unspecified atom stereocenters. The highest BCUT2D eigenvalue weighted by molar-refractivity contribution is 7.89. The number of anilines is 2. The molecule has 0 spiro atoms. The number of hydrogen-bond donors (Lipinski definition) is 1. The third-order valence-electron chi connectivity index (χ3n) is 5.90. The smallest absolute Gasteiger partial charge is 0.243 e. The number of nitrogens with zero attached hydrogens (tertiary/aromatic N) is 2. The van der Waals surface area contributed by atoms with Gasteiger partial charge in [0, 0.05) is 32.1 Å². The van der Waals surface area contributed by atoms with Crippen LogP contribution in [0.2, 0.25) is 0 Å². The van der Waals surface area contributed by atoms with Crippen LogP contribution in [0.5, 0.6) is 0 Å². The van der Waals surface area contributed by atoms with Crippen molar-refractivity contribution in [2.24, 2.45) is 5.92 Å². The Morgan fingerprint density at radius 2 is 1.79 bits per heavy atom. The molecule has 1 aromatic carbocycles. The van der Waals surface area contributed by atoms with Crippen LogP contribution in [0.25, 0.3) is 0 Å². The zero-order chi connectivity index (χ0) is 20.9. The number of hydrogen-bond acceptors (Lipinski definition) is 5.